The molecule has 1 aromatic carbocycles. The molecule has 7 heteroatoms. The molecule has 0 spiro atoms. The Hall–Kier alpha value is -0.820. The number of hydrogen-bond donors (Lipinski definition) is 3. The summed E-state index contributed by atoms with van der Waals surface area (Å²) in [6, 6.07) is 4.27. The topological polar surface area (TPSA) is 92.4 Å². The normalized spacial score (nSPS) is 13.5. The summed E-state index contributed by atoms with van der Waals surface area (Å²) in [5, 5.41) is 9.65. The first-order chi connectivity index (χ1) is 8.36. The average Bonchev–Trinajstić information content (AvgIpc) is 2.31. The van der Waals surface area contributed by atoms with Crippen LogP contribution in [0.3, 0.4) is 0 Å². The van der Waals surface area contributed by atoms with E-state index in [4.69, 9.17) is 17.3 Å². The van der Waals surface area contributed by atoms with E-state index in [-0.39, 0.29) is 17.1 Å². The van der Waals surface area contributed by atoms with Crippen molar-refractivity contribution >= 4 is 27.3 Å². The lowest BCUT2D eigenvalue weighted by molar-refractivity contribution is 0.162. The summed E-state index contributed by atoms with van der Waals surface area (Å²) in [6.07, 6.45) is 0.432. The number of rotatable bonds is 6. The SMILES string of the molecule is CCC(O)CCNS(=O)(=O)c1cc(Cl)ccc1N. The van der Waals surface area contributed by atoms with Gasteiger partial charge in [0.05, 0.1) is 11.8 Å². The van der Waals surface area contributed by atoms with Crippen LogP contribution >= 0.6 is 11.6 Å². The summed E-state index contributed by atoms with van der Waals surface area (Å²) in [6.45, 7) is 1.98. The molecule has 0 aromatic heterocycles. The van der Waals surface area contributed by atoms with E-state index >= 15 is 0 Å². The van der Waals surface area contributed by atoms with Gasteiger partial charge in [0, 0.05) is 11.6 Å². The van der Waals surface area contributed by atoms with Gasteiger partial charge < -0.3 is 10.8 Å². The van der Waals surface area contributed by atoms with Gasteiger partial charge in [-0.15, -0.1) is 0 Å². The molecule has 4 N–H and O–H groups in total. The highest BCUT2D eigenvalue weighted by molar-refractivity contribution is 7.89. The first kappa shape index (κ1) is 15.2. The molecule has 102 valence electrons. The minimum absolute atomic E-state index is 0.0408. The van der Waals surface area contributed by atoms with Crippen LogP contribution in [-0.4, -0.2) is 26.2 Å². The zero-order valence-corrected chi connectivity index (χ0v) is 11.6. The van der Waals surface area contributed by atoms with Crippen LogP contribution in [-0.2, 0) is 10.0 Å². The molecule has 0 bridgehead atoms. The summed E-state index contributed by atoms with van der Waals surface area (Å²) in [5.41, 5.74) is 5.75. The highest BCUT2D eigenvalue weighted by atomic mass is 35.5. The quantitative estimate of drug-likeness (QED) is 0.690. The van der Waals surface area contributed by atoms with Gasteiger partial charge in [-0.3, -0.25) is 0 Å². The van der Waals surface area contributed by atoms with Crippen molar-refractivity contribution in [3.05, 3.63) is 23.2 Å². The van der Waals surface area contributed by atoms with Gasteiger partial charge in [0.2, 0.25) is 10.0 Å². The fraction of sp³-hybridized carbons (Fsp3) is 0.455. The van der Waals surface area contributed by atoms with Gasteiger partial charge in [0.25, 0.3) is 0 Å². The predicted octanol–water partition coefficient (Wildman–Crippen LogP) is 1.36. The maximum Gasteiger partial charge on any atom is 0.242 e. The Labute approximate surface area is 112 Å². The van der Waals surface area contributed by atoms with Crippen LogP contribution < -0.4 is 10.5 Å². The molecule has 0 saturated carbocycles. The molecular weight excluding hydrogens is 276 g/mol. The van der Waals surface area contributed by atoms with E-state index in [2.05, 4.69) is 4.72 Å². The van der Waals surface area contributed by atoms with Gasteiger partial charge in [0.1, 0.15) is 4.90 Å². The van der Waals surface area contributed by atoms with Gasteiger partial charge in [-0.25, -0.2) is 13.1 Å². The van der Waals surface area contributed by atoms with E-state index in [1.165, 1.54) is 18.2 Å². The molecule has 0 radical (unpaired) electrons. The van der Waals surface area contributed by atoms with Crippen molar-refractivity contribution in [3.63, 3.8) is 0 Å². The smallest absolute Gasteiger partial charge is 0.242 e. The van der Waals surface area contributed by atoms with E-state index < -0.39 is 16.1 Å². The zero-order chi connectivity index (χ0) is 13.8. The van der Waals surface area contributed by atoms with Crippen molar-refractivity contribution in [1.29, 1.82) is 0 Å². The molecule has 0 saturated heterocycles. The largest absolute Gasteiger partial charge is 0.398 e. The summed E-state index contributed by atoms with van der Waals surface area (Å²) in [4.78, 5) is -0.0408. The summed E-state index contributed by atoms with van der Waals surface area (Å²) >= 11 is 5.74. The Kier molecular flexibility index (Phi) is 5.40. The molecule has 1 aromatic rings. The number of aliphatic hydroxyl groups is 1. The third-order valence-electron chi connectivity index (χ3n) is 2.51. The number of nitrogen functional groups attached to an aromatic ring is 1. The third-order valence-corrected chi connectivity index (χ3v) is 4.26. The van der Waals surface area contributed by atoms with Crippen molar-refractivity contribution < 1.29 is 13.5 Å². The van der Waals surface area contributed by atoms with Crippen LogP contribution in [0.5, 0.6) is 0 Å². The van der Waals surface area contributed by atoms with Gasteiger partial charge in [-0.2, -0.15) is 0 Å². The number of nitrogens with two attached hydrogens (primary N) is 1. The van der Waals surface area contributed by atoms with Crippen LogP contribution in [0.1, 0.15) is 19.8 Å². The minimum Gasteiger partial charge on any atom is -0.398 e. The fourth-order valence-corrected chi connectivity index (χ4v) is 2.82. The van der Waals surface area contributed by atoms with Gasteiger partial charge in [-0.1, -0.05) is 18.5 Å². The molecule has 0 aliphatic heterocycles. The fourth-order valence-electron chi connectivity index (χ4n) is 1.38. The van der Waals surface area contributed by atoms with Crippen LogP contribution in [0.4, 0.5) is 5.69 Å². The van der Waals surface area contributed by atoms with Crippen molar-refractivity contribution in [2.75, 3.05) is 12.3 Å². The maximum atomic E-state index is 11.9. The standard InChI is InChI=1S/C11H17ClN2O3S/c1-2-9(15)5-6-14-18(16,17)11-7-8(12)3-4-10(11)13/h3-4,7,9,14-15H,2,5-6,13H2,1H3. The molecular formula is C11H17ClN2O3S. The van der Waals surface area contributed by atoms with Gasteiger partial charge in [-0.05, 0) is 31.0 Å². The van der Waals surface area contributed by atoms with E-state index in [0.717, 1.165) is 0 Å². The Morgan fingerprint density at radius 3 is 2.78 bits per heavy atom. The number of sulfonamides is 1. The predicted molar refractivity (Wildman–Crippen MR) is 72.0 cm³/mol. The second-order valence-corrected chi connectivity index (χ2v) is 6.10. The van der Waals surface area contributed by atoms with Crippen molar-refractivity contribution in [2.45, 2.75) is 30.8 Å². The maximum absolute atomic E-state index is 11.9. The van der Waals surface area contributed by atoms with Crippen LogP contribution in [0.25, 0.3) is 0 Å². The van der Waals surface area contributed by atoms with Crippen LogP contribution in [0, 0.1) is 0 Å². The second-order valence-electron chi connectivity index (χ2n) is 3.93. The molecule has 0 aliphatic rings. The van der Waals surface area contributed by atoms with Gasteiger partial charge in [0.15, 0.2) is 0 Å². The molecule has 0 fully saturated rings. The van der Waals surface area contributed by atoms with Crippen molar-refractivity contribution in [2.24, 2.45) is 0 Å². The van der Waals surface area contributed by atoms with Crippen LogP contribution in [0.15, 0.2) is 23.1 Å². The lowest BCUT2D eigenvalue weighted by Crippen LogP contribution is -2.27. The lowest BCUT2D eigenvalue weighted by atomic mass is 10.2. The highest BCUT2D eigenvalue weighted by Crippen LogP contribution is 2.22. The third kappa shape index (κ3) is 4.13. The number of halogens is 1. The van der Waals surface area contributed by atoms with Crippen LogP contribution in [0.2, 0.25) is 5.02 Å². The molecule has 0 heterocycles. The average molecular weight is 293 g/mol. The molecule has 1 atom stereocenters. The number of anilines is 1. The number of aliphatic hydroxyl groups excluding tert-OH is 1. The Bertz CT molecular complexity index is 505. The lowest BCUT2D eigenvalue weighted by Gasteiger charge is -2.11. The summed E-state index contributed by atoms with van der Waals surface area (Å²) < 4.78 is 26.3. The number of hydrogen-bond acceptors (Lipinski definition) is 4. The minimum atomic E-state index is -3.69. The Morgan fingerprint density at radius 1 is 1.50 bits per heavy atom. The second kappa shape index (κ2) is 6.38. The molecule has 0 aliphatic carbocycles. The summed E-state index contributed by atoms with van der Waals surface area (Å²) in [7, 11) is -3.69. The van der Waals surface area contributed by atoms with E-state index in [1.54, 1.807) is 0 Å². The first-order valence-corrected chi connectivity index (χ1v) is 7.45. The highest BCUT2D eigenvalue weighted by Gasteiger charge is 2.17. The number of nitrogens with one attached hydrogen (secondary N) is 1. The first-order valence-electron chi connectivity index (χ1n) is 5.59. The molecule has 18 heavy (non-hydrogen) atoms. The molecule has 0 amide bonds. The van der Waals surface area contributed by atoms with E-state index in [1.807, 2.05) is 6.92 Å². The van der Waals surface area contributed by atoms with E-state index in [0.29, 0.717) is 17.9 Å². The Morgan fingerprint density at radius 2 is 2.17 bits per heavy atom. The summed E-state index contributed by atoms with van der Waals surface area (Å²) in [5.74, 6) is 0. The Balaban J connectivity index is 2.77. The van der Waals surface area contributed by atoms with Crippen molar-refractivity contribution in [1.82, 2.24) is 4.72 Å². The van der Waals surface area contributed by atoms with Gasteiger partial charge >= 0.3 is 0 Å². The molecule has 5 nitrogen and oxygen atoms in total. The van der Waals surface area contributed by atoms with Crippen molar-refractivity contribution in [3.8, 4) is 0 Å². The zero-order valence-electron chi connectivity index (χ0n) is 10.1. The number of benzene rings is 1. The molecule has 1 unspecified atom stereocenters. The monoisotopic (exact) mass is 292 g/mol. The molecule has 1 rings (SSSR count). The van der Waals surface area contributed by atoms with E-state index in [9.17, 15) is 13.5 Å².